The van der Waals surface area contributed by atoms with Crippen LogP contribution in [0.1, 0.15) is 68.6 Å². The molecular weight excluding hydrogens is 436 g/mol. The minimum absolute atomic E-state index is 0.0355. The van der Waals surface area contributed by atoms with Crippen LogP contribution in [0, 0.1) is 5.92 Å². The van der Waals surface area contributed by atoms with Crippen LogP contribution in [-0.2, 0) is 11.2 Å². The number of ketones is 1. The van der Waals surface area contributed by atoms with Crippen molar-refractivity contribution < 1.29 is 14.0 Å². The van der Waals surface area contributed by atoms with E-state index >= 15 is 0 Å². The molecule has 1 N–H and O–H groups in total. The maximum Gasteiger partial charge on any atom is 0.286 e. The summed E-state index contributed by atoms with van der Waals surface area (Å²) < 4.78 is 5.44. The zero-order valence-corrected chi connectivity index (χ0v) is 20.8. The summed E-state index contributed by atoms with van der Waals surface area (Å²) >= 11 is 1.29. The number of likely N-dealkylation sites (tertiary alicyclic amines) is 1. The summed E-state index contributed by atoms with van der Waals surface area (Å²) in [4.78, 5) is 28.6. The molecule has 2 aromatic rings. The van der Waals surface area contributed by atoms with Crippen molar-refractivity contribution in [2.24, 2.45) is 5.92 Å². The normalized spacial score (nSPS) is 17.8. The van der Waals surface area contributed by atoms with Gasteiger partial charge in [-0.1, -0.05) is 62.4 Å². The molecule has 2 atom stereocenters. The number of aryl methyl sites for hydroxylation is 1. The van der Waals surface area contributed by atoms with E-state index in [2.05, 4.69) is 44.7 Å². The third-order valence-corrected chi connectivity index (χ3v) is 6.57. The number of carbonyl (C=O) groups is 2. The summed E-state index contributed by atoms with van der Waals surface area (Å²) in [6, 6.07) is 9.66. The molecule has 33 heavy (non-hydrogen) atoms. The first kappa shape index (κ1) is 25.4. The molecule has 0 spiro atoms. The van der Waals surface area contributed by atoms with Crippen molar-refractivity contribution in [1.29, 1.82) is 0 Å². The highest BCUT2D eigenvalue weighted by atomic mass is 32.2. The van der Waals surface area contributed by atoms with E-state index in [1.165, 1.54) is 17.3 Å². The summed E-state index contributed by atoms with van der Waals surface area (Å²) in [6.07, 6.45) is 8.50. The van der Waals surface area contributed by atoms with Gasteiger partial charge in [-0.3, -0.25) is 14.5 Å². The number of thioether (sulfide) groups is 1. The Morgan fingerprint density at radius 1 is 1.18 bits per heavy atom. The second-order valence-corrected chi connectivity index (χ2v) is 9.88. The van der Waals surface area contributed by atoms with E-state index < -0.39 is 6.04 Å². The van der Waals surface area contributed by atoms with Crippen molar-refractivity contribution >= 4 is 23.5 Å². The fourth-order valence-electron chi connectivity index (χ4n) is 4.36. The van der Waals surface area contributed by atoms with Gasteiger partial charge in [0.25, 0.3) is 11.1 Å². The lowest BCUT2D eigenvalue weighted by molar-refractivity contribution is -0.128. The van der Waals surface area contributed by atoms with Crippen molar-refractivity contribution in [3.05, 3.63) is 41.8 Å². The van der Waals surface area contributed by atoms with E-state index in [0.29, 0.717) is 11.6 Å². The largest absolute Gasteiger partial charge is 0.408 e. The molecule has 2 heterocycles. The van der Waals surface area contributed by atoms with E-state index in [4.69, 9.17) is 4.42 Å². The van der Waals surface area contributed by atoms with Crippen molar-refractivity contribution in [3.63, 3.8) is 0 Å². The number of aromatic nitrogens is 2. The molecule has 1 amide bonds. The molecule has 0 aliphatic carbocycles. The quantitative estimate of drug-likeness (QED) is 0.278. The highest BCUT2D eigenvalue weighted by Gasteiger charge is 2.33. The van der Waals surface area contributed by atoms with Gasteiger partial charge in [-0.15, -0.1) is 10.2 Å². The lowest BCUT2D eigenvalue weighted by Crippen LogP contribution is -2.53. The third-order valence-electron chi connectivity index (χ3n) is 6.05. The maximum absolute atomic E-state index is 13.3. The van der Waals surface area contributed by atoms with Gasteiger partial charge >= 0.3 is 0 Å². The van der Waals surface area contributed by atoms with E-state index in [0.717, 1.165) is 51.6 Å². The van der Waals surface area contributed by atoms with Crippen molar-refractivity contribution in [2.75, 3.05) is 19.3 Å². The molecule has 1 saturated heterocycles. The minimum Gasteiger partial charge on any atom is -0.408 e. The zero-order chi connectivity index (χ0) is 23.6. The molecule has 0 bridgehead atoms. The van der Waals surface area contributed by atoms with Gasteiger partial charge in [0.15, 0.2) is 0 Å². The van der Waals surface area contributed by atoms with Gasteiger partial charge in [0.2, 0.25) is 11.7 Å². The number of nitrogens with zero attached hydrogens (tertiary/aromatic N) is 3. The summed E-state index contributed by atoms with van der Waals surface area (Å²) in [5, 5.41) is 11.1. The summed E-state index contributed by atoms with van der Waals surface area (Å²) in [6.45, 7) is 5.89. The molecule has 1 fully saturated rings. The van der Waals surface area contributed by atoms with Crippen LogP contribution in [0.15, 0.2) is 40.0 Å². The van der Waals surface area contributed by atoms with Gasteiger partial charge in [0.05, 0.1) is 12.1 Å². The predicted molar refractivity (Wildman–Crippen MR) is 130 cm³/mol. The van der Waals surface area contributed by atoms with Crippen LogP contribution in [0.3, 0.4) is 0 Å². The maximum atomic E-state index is 13.3. The number of amides is 1. The first-order valence-corrected chi connectivity index (χ1v) is 13.2. The lowest BCUT2D eigenvalue weighted by Gasteiger charge is -2.35. The minimum atomic E-state index is -0.658. The SMILES string of the molecule is CSc1nnc(C(=O)[C@H](CC(C)C)NC(=O)[C@@H]2CCCCN2CCCCc2ccccc2)o1. The number of carbonyl (C=O) groups excluding carboxylic acids is 2. The summed E-state index contributed by atoms with van der Waals surface area (Å²) in [7, 11) is 0. The third kappa shape index (κ3) is 7.67. The van der Waals surface area contributed by atoms with Crippen molar-refractivity contribution in [3.8, 4) is 0 Å². The molecule has 0 unspecified atom stereocenters. The average Bonchev–Trinajstić information content (AvgIpc) is 3.31. The Morgan fingerprint density at radius 2 is 1.97 bits per heavy atom. The molecule has 1 aliphatic rings. The molecule has 0 radical (unpaired) electrons. The van der Waals surface area contributed by atoms with E-state index in [9.17, 15) is 9.59 Å². The Kier molecular flexibility index (Phi) is 9.94. The van der Waals surface area contributed by atoms with Crippen LogP contribution in [0.5, 0.6) is 0 Å². The average molecular weight is 473 g/mol. The van der Waals surface area contributed by atoms with Gasteiger partial charge in [-0.05, 0) is 69.4 Å². The Bertz CT molecular complexity index is 887. The molecule has 8 heteroatoms. The molecule has 1 aliphatic heterocycles. The van der Waals surface area contributed by atoms with Crippen LogP contribution in [0.25, 0.3) is 0 Å². The van der Waals surface area contributed by atoms with Crippen LogP contribution >= 0.6 is 11.8 Å². The van der Waals surface area contributed by atoms with Crippen LogP contribution < -0.4 is 5.32 Å². The Hall–Kier alpha value is -2.19. The number of unbranched alkanes of at least 4 members (excludes halogenated alkanes) is 1. The van der Waals surface area contributed by atoms with Gasteiger partial charge in [-0.25, -0.2) is 0 Å². The fourth-order valence-corrected chi connectivity index (χ4v) is 4.64. The zero-order valence-electron chi connectivity index (χ0n) is 20.0. The number of Topliss-reactive ketones (excluding diaryl/α,β-unsaturated/α-hetero) is 1. The van der Waals surface area contributed by atoms with Gasteiger partial charge in [0.1, 0.15) is 0 Å². The van der Waals surface area contributed by atoms with Crippen LogP contribution in [0.4, 0.5) is 0 Å². The molecule has 0 saturated carbocycles. The smallest absolute Gasteiger partial charge is 0.286 e. The second kappa shape index (κ2) is 12.9. The summed E-state index contributed by atoms with van der Waals surface area (Å²) in [5.41, 5.74) is 1.35. The lowest BCUT2D eigenvalue weighted by atomic mass is 9.97. The number of benzene rings is 1. The fraction of sp³-hybridized carbons (Fsp3) is 0.600. The molecule has 7 nitrogen and oxygen atoms in total. The first-order valence-electron chi connectivity index (χ1n) is 12.0. The Labute approximate surface area is 201 Å². The molecule has 3 rings (SSSR count). The molecule has 180 valence electrons. The number of rotatable bonds is 12. The van der Waals surface area contributed by atoms with E-state index in [-0.39, 0.29) is 29.5 Å². The number of hydrogen-bond acceptors (Lipinski definition) is 7. The Morgan fingerprint density at radius 3 is 2.67 bits per heavy atom. The van der Waals surface area contributed by atoms with E-state index in [1.54, 1.807) is 0 Å². The van der Waals surface area contributed by atoms with Crippen molar-refractivity contribution in [2.45, 2.75) is 76.1 Å². The molecule has 1 aromatic heterocycles. The number of hydrogen-bond donors (Lipinski definition) is 1. The van der Waals surface area contributed by atoms with Crippen molar-refractivity contribution in [1.82, 2.24) is 20.4 Å². The number of nitrogens with one attached hydrogen (secondary N) is 1. The predicted octanol–water partition coefficient (Wildman–Crippen LogP) is 4.38. The Balaban J connectivity index is 1.58. The topological polar surface area (TPSA) is 88.3 Å². The molecule has 1 aromatic carbocycles. The molecular formula is C25H36N4O3S. The monoisotopic (exact) mass is 472 g/mol. The standard InChI is InChI=1S/C25H36N4O3S/c1-18(2)17-20(22(30)24-27-28-25(32-24)33-3)26-23(31)21-14-8-10-16-29(21)15-9-7-13-19-11-5-4-6-12-19/h4-6,11-12,18,20-21H,7-10,13-17H2,1-3H3,(H,26,31)/t20-,21-/m0/s1. The highest BCUT2D eigenvalue weighted by Crippen LogP contribution is 2.20. The van der Waals surface area contributed by atoms with E-state index in [1.807, 2.05) is 26.2 Å². The van der Waals surface area contributed by atoms with Crippen LogP contribution in [0.2, 0.25) is 0 Å². The van der Waals surface area contributed by atoms with Gasteiger partial charge in [0, 0.05) is 0 Å². The number of piperidine rings is 1. The second-order valence-electron chi connectivity index (χ2n) is 9.12. The van der Waals surface area contributed by atoms with Gasteiger partial charge < -0.3 is 9.73 Å². The van der Waals surface area contributed by atoms with Gasteiger partial charge in [-0.2, -0.15) is 0 Å². The first-order chi connectivity index (χ1) is 16.0. The highest BCUT2D eigenvalue weighted by molar-refractivity contribution is 7.98. The summed E-state index contributed by atoms with van der Waals surface area (Å²) in [5.74, 6) is -0.175. The van der Waals surface area contributed by atoms with Crippen LogP contribution in [-0.4, -0.2) is 58.2 Å².